The summed E-state index contributed by atoms with van der Waals surface area (Å²) >= 11 is 12.9. The maximum Gasteiger partial charge on any atom is 0.340 e. The lowest BCUT2D eigenvalue weighted by atomic mass is 10.2. The zero-order valence-electron chi connectivity index (χ0n) is 9.15. The van der Waals surface area contributed by atoms with Crippen molar-refractivity contribution < 1.29 is 9.53 Å². The second-order valence-electron chi connectivity index (χ2n) is 3.51. The largest absolute Gasteiger partial charge is 0.456 e. The molecule has 3 nitrogen and oxygen atoms in total. The molecule has 0 bridgehead atoms. The van der Waals surface area contributed by atoms with E-state index in [9.17, 15) is 4.79 Å². The number of benzene rings is 1. The second-order valence-corrected chi connectivity index (χ2v) is 5.75. The van der Waals surface area contributed by atoms with Crippen LogP contribution in [-0.2, 0) is 11.3 Å². The Hall–Kier alpha value is -1.23. The molecule has 0 unspecified atom stereocenters. The van der Waals surface area contributed by atoms with Gasteiger partial charge in [-0.3, -0.25) is 0 Å². The van der Waals surface area contributed by atoms with E-state index >= 15 is 0 Å². The van der Waals surface area contributed by atoms with Crippen molar-refractivity contribution in [2.75, 3.05) is 5.73 Å². The van der Waals surface area contributed by atoms with E-state index in [0.717, 1.165) is 4.88 Å². The quantitative estimate of drug-likeness (QED) is 0.689. The van der Waals surface area contributed by atoms with Crippen LogP contribution in [0.1, 0.15) is 15.2 Å². The molecule has 0 spiro atoms. The first-order chi connectivity index (χ1) is 8.56. The smallest absolute Gasteiger partial charge is 0.340 e. The number of thiophene rings is 1. The molecule has 94 valence electrons. The maximum atomic E-state index is 11.8. The van der Waals surface area contributed by atoms with Crippen molar-refractivity contribution in [1.29, 1.82) is 0 Å². The van der Waals surface area contributed by atoms with E-state index in [0.29, 0.717) is 20.6 Å². The number of carbonyl (C=O) groups is 1. The minimum atomic E-state index is -0.478. The number of anilines is 1. The minimum absolute atomic E-state index is 0.179. The van der Waals surface area contributed by atoms with E-state index in [-0.39, 0.29) is 6.61 Å². The second kappa shape index (κ2) is 5.61. The third kappa shape index (κ3) is 3.16. The molecule has 2 aromatic rings. The molecule has 0 saturated heterocycles. The number of nitrogens with two attached hydrogens (primary N) is 1. The van der Waals surface area contributed by atoms with Gasteiger partial charge in [0, 0.05) is 15.6 Å². The Morgan fingerprint density at radius 3 is 2.67 bits per heavy atom. The first-order valence-corrected chi connectivity index (χ1v) is 6.60. The Labute approximate surface area is 118 Å². The van der Waals surface area contributed by atoms with Crippen molar-refractivity contribution in [2.45, 2.75) is 6.61 Å². The maximum absolute atomic E-state index is 11.8. The highest BCUT2D eigenvalue weighted by molar-refractivity contribution is 7.16. The molecule has 1 aromatic heterocycles. The van der Waals surface area contributed by atoms with Gasteiger partial charge in [0.05, 0.1) is 9.90 Å². The molecule has 0 radical (unpaired) electrons. The molecule has 1 heterocycles. The summed E-state index contributed by atoms with van der Waals surface area (Å²) < 4.78 is 5.80. The summed E-state index contributed by atoms with van der Waals surface area (Å²) in [4.78, 5) is 12.7. The van der Waals surface area contributed by atoms with Crippen molar-refractivity contribution in [3.05, 3.63) is 50.1 Å². The summed E-state index contributed by atoms with van der Waals surface area (Å²) in [5.74, 6) is -0.478. The monoisotopic (exact) mass is 301 g/mol. The van der Waals surface area contributed by atoms with Gasteiger partial charge in [0.15, 0.2) is 0 Å². The van der Waals surface area contributed by atoms with E-state index in [1.807, 2.05) is 6.07 Å². The van der Waals surface area contributed by atoms with Crippen LogP contribution in [0.3, 0.4) is 0 Å². The van der Waals surface area contributed by atoms with Gasteiger partial charge in [-0.1, -0.05) is 23.2 Å². The fourth-order valence-corrected chi connectivity index (χ4v) is 2.54. The van der Waals surface area contributed by atoms with Gasteiger partial charge < -0.3 is 10.5 Å². The zero-order valence-corrected chi connectivity index (χ0v) is 11.5. The molecule has 18 heavy (non-hydrogen) atoms. The molecule has 2 rings (SSSR count). The predicted octanol–water partition coefficient (Wildman–Crippen LogP) is 3.99. The van der Waals surface area contributed by atoms with Crippen LogP contribution in [-0.4, -0.2) is 5.97 Å². The molecule has 6 heteroatoms. The lowest BCUT2D eigenvalue weighted by molar-refractivity contribution is 0.0478. The summed E-state index contributed by atoms with van der Waals surface area (Å²) in [6.07, 6.45) is 0. The van der Waals surface area contributed by atoms with Crippen molar-refractivity contribution in [2.24, 2.45) is 0 Å². The molecular formula is C12H9Cl2NO2S. The van der Waals surface area contributed by atoms with Gasteiger partial charge in [-0.15, -0.1) is 11.3 Å². The number of hydrogen-bond donors (Lipinski definition) is 1. The average molecular weight is 302 g/mol. The molecular weight excluding hydrogens is 293 g/mol. The van der Waals surface area contributed by atoms with Gasteiger partial charge >= 0.3 is 5.97 Å². The highest BCUT2D eigenvalue weighted by atomic mass is 35.5. The topological polar surface area (TPSA) is 52.3 Å². The molecule has 0 aliphatic heterocycles. The number of halogens is 2. The van der Waals surface area contributed by atoms with Gasteiger partial charge in [-0.25, -0.2) is 4.79 Å². The molecule has 0 atom stereocenters. The number of rotatable bonds is 3. The lowest BCUT2D eigenvalue weighted by Crippen LogP contribution is -2.07. The van der Waals surface area contributed by atoms with Crippen LogP contribution in [0.25, 0.3) is 0 Å². The van der Waals surface area contributed by atoms with E-state index in [1.54, 1.807) is 18.2 Å². The van der Waals surface area contributed by atoms with Crippen molar-refractivity contribution in [3.8, 4) is 0 Å². The van der Waals surface area contributed by atoms with E-state index in [4.69, 9.17) is 33.7 Å². The summed E-state index contributed by atoms with van der Waals surface area (Å²) in [7, 11) is 0. The normalized spacial score (nSPS) is 10.3. The van der Waals surface area contributed by atoms with Crippen molar-refractivity contribution in [1.82, 2.24) is 0 Å². The lowest BCUT2D eigenvalue weighted by Gasteiger charge is -2.06. The van der Waals surface area contributed by atoms with Crippen molar-refractivity contribution in [3.63, 3.8) is 0 Å². The van der Waals surface area contributed by atoms with Gasteiger partial charge in [0.2, 0.25) is 0 Å². The van der Waals surface area contributed by atoms with E-state index in [1.165, 1.54) is 17.4 Å². The number of carbonyl (C=O) groups excluding carboxylic acids is 1. The molecule has 1 aromatic carbocycles. The minimum Gasteiger partial charge on any atom is -0.456 e. The Bertz CT molecular complexity index is 583. The molecule has 0 saturated carbocycles. The standard InChI is InChI=1S/C12H9Cl2NO2S/c13-7-1-3-9(10(15)5-7)12(16)17-6-8-2-4-11(14)18-8/h1-5H,6,15H2. The average Bonchev–Trinajstić information content (AvgIpc) is 2.72. The van der Waals surface area contributed by atoms with Gasteiger partial charge in [-0.05, 0) is 30.3 Å². The van der Waals surface area contributed by atoms with Gasteiger partial charge in [-0.2, -0.15) is 0 Å². The fraction of sp³-hybridized carbons (Fsp3) is 0.0833. The summed E-state index contributed by atoms with van der Waals surface area (Å²) in [6, 6.07) is 8.22. The Morgan fingerprint density at radius 1 is 1.28 bits per heavy atom. The van der Waals surface area contributed by atoms with Crippen LogP contribution in [0.4, 0.5) is 5.69 Å². The first-order valence-electron chi connectivity index (χ1n) is 5.02. The van der Waals surface area contributed by atoms with Crippen LogP contribution in [0, 0.1) is 0 Å². The summed E-state index contributed by atoms with van der Waals surface area (Å²) in [6.45, 7) is 0.179. The Morgan fingerprint density at radius 2 is 2.06 bits per heavy atom. The van der Waals surface area contributed by atoms with Crippen LogP contribution in [0.2, 0.25) is 9.36 Å². The highest BCUT2D eigenvalue weighted by Gasteiger charge is 2.12. The predicted molar refractivity (Wildman–Crippen MR) is 74.3 cm³/mol. The summed E-state index contributed by atoms with van der Waals surface area (Å²) in [5, 5.41) is 0.481. The van der Waals surface area contributed by atoms with Gasteiger partial charge in [0.1, 0.15) is 6.61 Å². The first kappa shape index (κ1) is 13.2. The van der Waals surface area contributed by atoms with Crippen molar-refractivity contribution >= 4 is 46.2 Å². The van der Waals surface area contributed by atoms with Crippen LogP contribution < -0.4 is 5.73 Å². The van der Waals surface area contributed by atoms with E-state index < -0.39 is 5.97 Å². The fourth-order valence-electron chi connectivity index (χ4n) is 1.36. The molecule has 0 amide bonds. The molecule has 0 aliphatic carbocycles. The van der Waals surface area contributed by atoms with Crippen LogP contribution in [0.15, 0.2) is 30.3 Å². The van der Waals surface area contributed by atoms with Crippen LogP contribution in [0.5, 0.6) is 0 Å². The summed E-state index contributed by atoms with van der Waals surface area (Å²) in [5.41, 5.74) is 6.30. The number of ether oxygens (including phenoxy) is 1. The van der Waals surface area contributed by atoms with E-state index in [2.05, 4.69) is 0 Å². The SMILES string of the molecule is Nc1cc(Cl)ccc1C(=O)OCc1ccc(Cl)s1. The highest BCUT2D eigenvalue weighted by Crippen LogP contribution is 2.23. The molecule has 0 aliphatic rings. The third-order valence-electron chi connectivity index (χ3n) is 2.21. The number of esters is 1. The molecule has 0 fully saturated rings. The van der Waals surface area contributed by atoms with Crippen LogP contribution >= 0.6 is 34.5 Å². The number of hydrogen-bond acceptors (Lipinski definition) is 4. The molecule has 2 N–H and O–H groups in total. The number of nitrogen functional groups attached to an aromatic ring is 1. The zero-order chi connectivity index (χ0) is 13.1. The Kier molecular flexibility index (Phi) is 4.11. The van der Waals surface area contributed by atoms with Gasteiger partial charge in [0.25, 0.3) is 0 Å². The Balaban J connectivity index is 2.03. The third-order valence-corrected chi connectivity index (χ3v) is 3.65.